The molecule has 10 heteroatoms. The fraction of sp³-hybridized carbons (Fsp3) is 0. The fourth-order valence-electron chi connectivity index (χ4n) is 0.514. The minimum absolute atomic E-state index is 0.103. The summed E-state index contributed by atoms with van der Waals surface area (Å²) in [5, 5.41) is 0. The molecule has 0 fully saturated rings. The van der Waals surface area contributed by atoms with Gasteiger partial charge in [-0.05, 0) is 0 Å². The molecule has 0 radical (unpaired) electrons. The number of H-pyrrole nitrogens is 2. The standard InChI is InChI=1S/C4H6N4O2.H2O3S/c5-1-2(6)7-4(10)8-3(1)9;1-4(2)3/h5H2,(H4,6,7,8,9,10);(H2,1,2,3). The molecule has 1 heterocycles. The number of aromatic amines is 2. The number of rotatable bonds is 0. The second-order valence-corrected chi connectivity index (χ2v) is 2.43. The number of hydrogen-bond acceptors (Lipinski definition) is 5. The van der Waals surface area contributed by atoms with E-state index in [2.05, 4.69) is 4.98 Å². The molecular weight excluding hydrogens is 216 g/mol. The summed E-state index contributed by atoms with van der Waals surface area (Å²) in [6, 6.07) is 0. The van der Waals surface area contributed by atoms with Crippen LogP contribution in [0.15, 0.2) is 9.59 Å². The van der Waals surface area contributed by atoms with E-state index in [-0.39, 0.29) is 11.5 Å². The predicted octanol–water partition coefficient (Wildman–Crippen LogP) is -2.09. The Hall–Kier alpha value is -1.65. The van der Waals surface area contributed by atoms with Crippen molar-refractivity contribution in [2.24, 2.45) is 0 Å². The van der Waals surface area contributed by atoms with E-state index in [9.17, 15) is 9.59 Å². The zero-order valence-corrected chi connectivity index (χ0v) is 7.50. The molecule has 1 aromatic heterocycles. The van der Waals surface area contributed by atoms with Crippen LogP contribution in [0.1, 0.15) is 0 Å². The second-order valence-electron chi connectivity index (χ2n) is 1.97. The predicted molar refractivity (Wildman–Crippen MR) is 49.9 cm³/mol. The average molecular weight is 224 g/mol. The topological polar surface area (TPSA) is 175 Å². The first-order chi connectivity index (χ1) is 6.34. The van der Waals surface area contributed by atoms with E-state index >= 15 is 0 Å². The maximum Gasteiger partial charge on any atom is 0.327 e. The van der Waals surface area contributed by atoms with Gasteiger partial charge >= 0.3 is 5.69 Å². The monoisotopic (exact) mass is 224 g/mol. The molecule has 80 valence electrons. The molecule has 14 heavy (non-hydrogen) atoms. The minimum Gasteiger partial charge on any atom is -0.391 e. The largest absolute Gasteiger partial charge is 0.391 e. The highest BCUT2D eigenvalue weighted by atomic mass is 32.2. The normalized spacial score (nSPS) is 9.36. The van der Waals surface area contributed by atoms with Gasteiger partial charge in [0.15, 0.2) is 0 Å². The first-order valence-electron chi connectivity index (χ1n) is 3.02. The third kappa shape index (κ3) is 4.39. The van der Waals surface area contributed by atoms with Gasteiger partial charge in [0, 0.05) is 0 Å². The van der Waals surface area contributed by atoms with Gasteiger partial charge in [-0.2, -0.15) is 4.21 Å². The van der Waals surface area contributed by atoms with Crippen molar-refractivity contribution in [2.45, 2.75) is 0 Å². The van der Waals surface area contributed by atoms with Crippen LogP contribution in [0.2, 0.25) is 0 Å². The zero-order chi connectivity index (χ0) is 11.3. The van der Waals surface area contributed by atoms with Gasteiger partial charge in [-0.3, -0.25) is 23.9 Å². The Morgan fingerprint density at radius 1 is 1.14 bits per heavy atom. The van der Waals surface area contributed by atoms with Crippen LogP contribution in [0, 0.1) is 0 Å². The van der Waals surface area contributed by atoms with E-state index in [0.717, 1.165) is 0 Å². The molecule has 0 atom stereocenters. The van der Waals surface area contributed by atoms with Crippen LogP contribution in [0.4, 0.5) is 11.5 Å². The number of anilines is 2. The van der Waals surface area contributed by atoms with Crippen molar-refractivity contribution >= 4 is 22.9 Å². The highest BCUT2D eigenvalue weighted by Gasteiger charge is 1.98. The average Bonchev–Trinajstić information content (AvgIpc) is 1.98. The Morgan fingerprint density at radius 2 is 1.57 bits per heavy atom. The van der Waals surface area contributed by atoms with Crippen LogP contribution in [-0.2, 0) is 11.4 Å². The number of aromatic nitrogens is 2. The fourth-order valence-corrected chi connectivity index (χ4v) is 0.514. The smallest absolute Gasteiger partial charge is 0.327 e. The third-order valence-corrected chi connectivity index (χ3v) is 1.01. The molecule has 0 aliphatic carbocycles. The molecule has 0 saturated heterocycles. The zero-order valence-electron chi connectivity index (χ0n) is 6.68. The number of hydrogen-bond donors (Lipinski definition) is 6. The molecule has 0 aliphatic rings. The van der Waals surface area contributed by atoms with Gasteiger partial charge in [0.05, 0.1) is 0 Å². The van der Waals surface area contributed by atoms with Crippen molar-refractivity contribution < 1.29 is 13.3 Å². The van der Waals surface area contributed by atoms with E-state index < -0.39 is 22.6 Å². The lowest BCUT2D eigenvalue weighted by molar-refractivity contribution is 0.454. The molecule has 1 rings (SSSR count). The van der Waals surface area contributed by atoms with Crippen molar-refractivity contribution in [1.82, 2.24) is 9.97 Å². The first kappa shape index (κ1) is 12.3. The summed E-state index contributed by atoms with van der Waals surface area (Å²) in [5.41, 5.74) is 8.74. The highest BCUT2D eigenvalue weighted by molar-refractivity contribution is 7.73. The lowest BCUT2D eigenvalue weighted by Gasteiger charge is -1.93. The quantitative estimate of drug-likeness (QED) is 0.273. The number of nitrogens with one attached hydrogen (secondary N) is 2. The molecule has 0 bridgehead atoms. The SMILES string of the molecule is Nc1[nH]c(=O)[nH]c(=O)c1N.O=S(O)O. The van der Waals surface area contributed by atoms with E-state index in [1.165, 1.54) is 0 Å². The van der Waals surface area contributed by atoms with E-state index in [4.69, 9.17) is 24.8 Å². The molecule has 8 N–H and O–H groups in total. The van der Waals surface area contributed by atoms with E-state index in [1.807, 2.05) is 4.98 Å². The Labute approximate surface area is 79.3 Å². The Kier molecular flexibility index (Phi) is 4.55. The third-order valence-electron chi connectivity index (χ3n) is 1.01. The lowest BCUT2D eigenvalue weighted by Crippen LogP contribution is -2.26. The molecule has 0 spiro atoms. The van der Waals surface area contributed by atoms with Gasteiger partial charge < -0.3 is 11.5 Å². The molecule has 0 unspecified atom stereocenters. The van der Waals surface area contributed by atoms with Gasteiger partial charge in [0.25, 0.3) is 16.9 Å². The van der Waals surface area contributed by atoms with Gasteiger partial charge in [-0.15, -0.1) is 0 Å². The van der Waals surface area contributed by atoms with Crippen LogP contribution < -0.4 is 22.7 Å². The highest BCUT2D eigenvalue weighted by Crippen LogP contribution is 1.96. The lowest BCUT2D eigenvalue weighted by atomic mass is 10.5. The minimum atomic E-state index is -2.61. The summed E-state index contributed by atoms with van der Waals surface area (Å²) in [6.07, 6.45) is 0. The van der Waals surface area contributed by atoms with Crippen LogP contribution in [0.25, 0.3) is 0 Å². The number of nitrogen functional groups attached to an aromatic ring is 2. The molecule has 0 aliphatic heterocycles. The van der Waals surface area contributed by atoms with Gasteiger partial charge in [0.2, 0.25) is 0 Å². The summed E-state index contributed by atoms with van der Waals surface area (Å²) in [4.78, 5) is 25.0. The van der Waals surface area contributed by atoms with Crippen LogP contribution >= 0.6 is 0 Å². The Bertz CT molecular complexity index is 432. The van der Waals surface area contributed by atoms with Crippen molar-refractivity contribution in [3.8, 4) is 0 Å². The van der Waals surface area contributed by atoms with E-state index in [0.29, 0.717) is 0 Å². The maximum atomic E-state index is 10.6. The first-order valence-corrected chi connectivity index (χ1v) is 4.08. The van der Waals surface area contributed by atoms with Crippen molar-refractivity contribution in [3.05, 3.63) is 20.8 Å². The van der Waals surface area contributed by atoms with Crippen LogP contribution in [0.3, 0.4) is 0 Å². The Balaban J connectivity index is 0.000000364. The molecule has 0 saturated carbocycles. The molecule has 9 nitrogen and oxygen atoms in total. The molecule has 1 aromatic rings. The second kappa shape index (κ2) is 5.16. The summed E-state index contributed by atoms with van der Waals surface area (Å²) in [6.45, 7) is 0. The molecular formula is C4H8N4O5S. The van der Waals surface area contributed by atoms with Gasteiger partial charge in [-0.25, -0.2) is 4.79 Å². The van der Waals surface area contributed by atoms with Gasteiger partial charge in [0.1, 0.15) is 11.5 Å². The van der Waals surface area contributed by atoms with Crippen molar-refractivity contribution in [3.63, 3.8) is 0 Å². The van der Waals surface area contributed by atoms with E-state index in [1.54, 1.807) is 0 Å². The maximum absolute atomic E-state index is 10.6. The molecule has 0 amide bonds. The summed E-state index contributed by atoms with van der Waals surface area (Å²) >= 11 is -2.61. The van der Waals surface area contributed by atoms with Crippen LogP contribution in [0.5, 0.6) is 0 Å². The number of nitrogens with two attached hydrogens (primary N) is 2. The van der Waals surface area contributed by atoms with Crippen molar-refractivity contribution in [1.29, 1.82) is 0 Å². The summed E-state index contributed by atoms with van der Waals surface area (Å²) in [5.74, 6) is -0.103. The summed E-state index contributed by atoms with van der Waals surface area (Å²) < 4.78 is 22.8. The molecule has 0 aromatic carbocycles. The van der Waals surface area contributed by atoms with Gasteiger partial charge in [-0.1, -0.05) is 0 Å². The summed E-state index contributed by atoms with van der Waals surface area (Å²) in [7, 11) is 0. The van der Waals surface area contributed by atoms with Crippen LogP contribution in [-0.4, -0.2) is 23.3 Å². The Morgan fingerprint density at radius 3 is 1.93 bits per heavy atom. The van der Waals surface area contributed by atoms with Crippen molar-refractivity contribution in [2.75, 3.05) is 11.5 Å².